The minimum Gasteiger partial charge on any atom is -0.443 e. The van der Waals surface area contributed by atoms with Crippen LogP contribution < -0.4 is 0 Å². The normalized spacial score (nSPS) is 11.9. The Balaban J connectivity index is 1.85. The van der Waals surface area contributed by atoms with Crippen LogP contribution in [0.25, 0.3) is 17.0 Å². The smallest absolute Gasteiger partial charge is 0.419 e. The number of carbonyl (C=O) groups excluding carboxylic acids is 3. The number of Topliss-reactive ketones (excluding diaryl/α,β-unsaturated/α-hetero) is 1. The number of rotatable bonds is 6. The number of aromatic nitrogens is 1. The molecule has 2 aromatic carbocycles. The molecule has 0 bridgehead atoms. The number of carbonyl (C=O) groups is 3. The quantitative estimate of drug-likeness (QED) is 0.310. The number of amides is 1. The standard InChI is InChI=1S/C27H29ClN2O4/c1-18(2)29(17-24(31)19-9-8-10-21(28)15-19)25(32)14-13-20-16-30(26(33)34-27(3,4)5)23-12-7-6-11-22(20)23/h6-16,18H,17H2,1-5H3/b14-13+. The molecule has 1 heterocycles. The summed E-state index contributed by atoms with van der Waals surface area (Å²) in [7, 11) is 0. The van der Waals surface area contributed by atoms with Crippen LogP contribution in [0.3, 0.4) is 0 Å². The highest BCUT2D eigenvalue weighted by Gasteiger charge is 2.22. The Labute approximate surface area is 204 Å². The lowest BCUT2D eigenvalue weighted by atomic mass is 10.1. The molecule has 7 heteroatoms. The molecule has 0 N–H and O–H groups in total. The Morgan fingerprint density at radius 2 is 1.79 bits per heavy atom. The van der Waals surface area contributed by atoms with Crippen molar-refractivity contribution >= 4 is 46.4 Å². The van der Waals surface area contributed by atoms with Crippen LogP contribution in [0.4, 0.5) is 4.79 Å². The summed E-state index contributed by atoms with van der Waals surface area (Å²) in [6.45, 7) is 9.06. The fourth-order valence-corrected chi connectivity index (χ4v) is 3.67. The highest BCUT2D eigenvalue weighted by Crippen LogP contribution is 2.24. The van der Waals surface area contributed by atoms with Crippen molar-refractivity contribution in [2.24, 2.45) is 0 Å². The van der Waals surface area contributed by atoms with E-state index in [1.165, 1.54) is 15.5 Å². The fraction of sp³-hybridized carbons (Fsp3) is 0.296. The first-order chi connectivity index (χ1) is 16.0. The molecule has 0 unspecified atom stereocenters. The summed E-state index contributed by atoms with van der Waals surface area (Å²) in [5, 5.41) is 1.28. The van der Waals surface area contributed by atoms with Gasteiger partial charge in [-0.1, -0.05) is 41.9 Å². The van der Waals surface area contributed by atoms with Crippen molar-refractivity contribution in [1.82, 2.24) is 9.47 Å². The van der Waals surface area contributed by atoms with E-state index in [0.717, 1.165) is 5.39 Å². The third-order valence-corrected chi connectivity index (χ3v) is 5.34. The molecule has 1 amide bonds. The molecule has 0 radical (unpaired) electrons. The van der Waals surface area contributed by atoms with E-state index in [1.54, 1.807) is 57.3 Å². The van der Waals surface area contributed by atoms with Crippen LogP contribution in [0.2, 0.25) is 5.02 Å². The molecule has 0 aliphatic rings. The van der Waals surface area contributed by atoms with Crippen LogP contribution in [0, 0.1) is 0 Å². The first-order valence-corrected chi connectivity index (χ1v) is 11.4. The molecular weight excluding hydrogens is 452 g/mol. The van der Waals surface area contributed by atoms with Gasteiger partial charge in [0.1, 0.15) is 5.60 Å². The van der Waals surface area contributed by atoms with Crippen LogP contribution in [0.15, 0.2) is 60.8 Å². The average molecular weight is 481 g/mol. The summed E-state index contributed by atoms with van der Waals surface area (Å²) in [6.07, 6.45) is 4.24. The molecule has 0 spiro atoms. The molecule has 178 valence electrons. The van der Waals surface area contributed by atoms with Crippen molar-refractivity contribution in [2.75, 3.05) is 6.54 Å². The zero-order valence-electron chi connectivity index (χ0n) is 20.0. The second-order valence-electron chi connectivity index (χ2n) is 9.28. The minimum atomic E-state index is -0.637. The summed E-state index contributed by atoms with van der Waals surface area (Å²) in [5.41, 5.74) is 1.19. The van der Waals surface area contributed by atoms with Crippen LogP contribution in [0.5, 0.6) is 0 Å². The summed E-state index contributed by atoms with van der Waals surface area (Å²) < 4.78 is 6.95. The third kappa shape index (κ3) is 6.14. The van der Waals surface area contributed by atoms with Gasteiger partial charge in [-0.3, -0.25) is 14.2 Å². The fourth-order valence-electron chi connectivity index (χ4n) is 3.48. The summed E-state index contributed by atoms with van der Waals surface area (Å²) in [6, 6.07) is 13.9. The van der Waals surface area contributed by atoms with Gasteiger partial charge in [-0.15, -0.1) is 0 Å². The summed E-state index contributed by atoms with van der Waals surface area (Å²) in [5.74, 6) is -0.501. The monoisotopic (exact) mass is 480 g/mol. The molecule has 0 aliphatic heterocycles. The molecule has 0 saturated heterocycles. The molecule has 0 saturated carbocycles. The van der Waals surface area contributed by atoms with Gasteiger partial charge in [0.15, 0.2) is 5.78 Å². The van der Waals surface area contributed by atoms with Crippen molar-refractivity contribution in [2.45, 2.75) is 46.3 Å². The zero-order chi connectivity index (χ0) is 25.0. The number of fused-ring (bicyclic) bond motifs is 1. The second-order valence-corrected chi connectivity index (χ2v) is 9.72. The Hall–Kier alpha value is -3.38. The van der Waals surface area contributed by atoms with E-state index in [1.807, 2.05) is 38.1 Å². The predicted octanol–water partition coefficient (Wildman–Crippen LogP) is 6.21. The topological polar surface area (TPSA) is 68.6 Å². The van der Waals surface area contributed by atoms with Gasteiger partial charge >= 0.3 is 6.09 Å². The van der Waals surface area contributed by atoms with Gasteiger partial charge in [-0.05, 0) is 58.9 Å². The minimum absolute atomic E-state index is 0.0686. The maximum absolute atomic E-state index is 13.0. The summed E-state index contributed by atoms with van der Waals surface area (Å²) >= 11 is 6.00. The highest BCUT2D eigenvalue weighted by atomic mass is 35.5. The first-order valence-electron chi connectivity index (χ1n) is 11.1. The van der Waals surface area contributed by atoms with Crippen LogP contribution in [0.1, 0.15) is 50.5 Å². The molecule has 6 nitrogen and oxygen atoms in total. The van der Waals surface area contributed by atoms with E-state index in [9.17, 15) is 14.4 Å². The molecule has 34 heavy (non-hydrogen) atoms. The summed E-state index contributed by atoms with van der Waals surface area (Å²) in [4.78, 5) is 39.9. The van der Waals surface area contributed by atoms with E-state index in [2.05, 4.69) is 0 Å². The van der Waals surface area contributed by atoms with Crippen LogP contribution in [-0.2, 0) is 9.53 Å². The van der Waals surface area contributed by atoms with Crippen molar-refractivity contribution in [3.63, 3.8) is 0 Å². The van der Waals surface area contributed by atoms with E-state index in [-0.39, 0.29) is 24.3 Å². The number of hydrogen-bond donors (Lipinski definition) is 0. The number of ketones is 1. The largest absolute Gasteiger partial charge is 0.443 e. The van der Waals surface area contributed by atoms with Crippen molar-refractivity contribution in [3.05, 3.63) is 77.0 Å². The number of nitrogens with zero attached hydrogens (tertiary/aromatic N) is 2. The average Bonchev–Trinajstić information content (AvgIpc) is 3.13. The molecule has 0 aliphatic carbocycles. The SMILES string of the molecule is CC(C)N(CC(=O)c1cccc(Cl)c1)C(=O)/C=C/c1cn(C(=O)OC(C)(C)C)c2ccccc12. The molecule has 0 atom stereocenters. The van der Waals surface area contributed by atoms with Crippen molar-refractivity contribution in [1.29, 1.82) is 0 Å². The maximum Gasteiger partial charge on any atom is 0.419 e. The number of ether oxygens (including phenoxy) is 1. The lowest BCUT2D eigenvalue weighted by Crippen LogP contribution is -2.39. The van der Waals surface area contributed by atoms with Gasteiger partial charge in [0.05, 0.1) is 12.1 Å². The molecule has 0 fully saturated rings. The van der Waals surface area contributed by atoms with Crippen LogP contribution >= 0.6 is 11.6 Å². The van der Waals surface area contributed by atoms with Gasteiger partial charge in [0.2, 0.25) is 5.91 Å². The van der Waals surface area contributed by atoms with E-state index >= 15 is 0 Å². The lowest BCUT2D eigenvalue weighted by molar-refractivity contribution is -0.127. The molecule has 3 aromatic rings. The van der Waals surface area contributed by atoms with Gasteiger partial charge in [0, 0.05) is 39.9 Å². The number of benzene rings is 2. The second kappa shape index (κ2) is 10.3. The Bertz CT molecular complexity index is 1250. The Morgan fingerprint density at radius 1 is 1.09 bits per heavy atom. The van der Waals surface area contributed by atoms with Gasteiger partial charge in [0.25, 0.3) is 0 Å². The molecule has 3 rings (SSSR count). The van der Waals surface area contributed by atoms with Gasteiger partial charge in [-0.2, -0.15) is 0 Å². The first kappa shape index (κ1) is 25.2. The Kier molecular flexibility index (Phi) is 7.62. The van der Waals surface area contributed by atoms with E-state index in [4.69, 9.17) is 16.3 Å². The highest BCUT2D eigenvalue weighted by molar-refractivity contribution is 6.31. The van der Waals surface area contributed by atoms with Gasteiger partial charge in [-0.25, -0.2) is 4.79 Å². The molecule has 1 aromatic heterocycles. The number of halogens is 1. The number of para-hydroxylation sites is 1. The van der Waals surface area contributed by atoms with Gasteiger partial charge < -0.3 is 9.64 Å². The predicted molar refractivity (Wildman–Crippen MR) is 135 cm³/mol. The maximum atomic E-state index is 13.0. The van der Waals surface area contributed by atoms with Crippen molar-refractivity contribution in [3.8, 4) is 0 Å². The third-order valence-electron chi connectivity index (χ3n) is 5.11. The molecular formula is C27H29ClN2O4. The Morgan fingerprint density at radius 3 is 2.44 bits per heavy atom. The van der Waals surface area contributed by atoms with Crippen molar-refractivity contribution < 1.29 is 19.1 Å². The lowest BCUT2D eigenvalue weighted by Gasteiger charge is -2.24. The van der Waals surface area contributed by atoms with E-state index in [0.29, 0.717) is 21.7 Å². The number of hydrogen-bond acceptors (Lipinski definition) is 4. The zero-order valence-corrected chi connectivity index (χ0v) is 20.8. The van der Waals surface area contributed by atoms with E-state index < -0.39 is 11.7 Å². The van der Waals surface area contributed by atoms with Crippen LogP contribution in [-0.4, -0.2) is 45.4 Å².